The van der Waals surface area contributed by atoms with Crippen molar-refractivity contribution in [1.29, 1.82) is 0 Å². The number of hydrogen-bond donors (Lipinski definition) is 1. The van der Waals surface area contributed by atoms with E-state index in [-0.39, 0.29) is 10.8 Å². The molecule has 0 spiro atoms. The number of rotatable bonds is 7. The maximum Gasteiger partial charge on any atom is 0.211 e. The zero-order valence-electron chi connectivity index (χ0n) is 15.2. The van der Waals surface area contributed by atoms with E-state index >= 15 is 0 Å². The van der Waals surface area contributed by atoms with Crippen molar-refractivity contribution in [3.63, 3.8) is 0 Å². The van der Waals surface area contributed by atoms with Crippen LogP contribution in [-0.2, 0) is 14.4 Å². The highest BCUT2D eigenvalue weighted by molar-refractivity contribution is 7.89. The Bertz CT molecular complexity index is 435. The molecule has 1 rings (SSSR count). The Morgan fingerprint density at radius 3 is 2.05 bits per heavy atom. The van der Waals surface area contributed by atoms with Crippen LogP contribution in [0.1, 0.15) is 53.4 Å². The highest BCUT2D eigenvalue weighted by Crippen LogP contribution is 2.38. The molecule has 0 aliphatic heterocycles. The Morgan fingerprint density at radius 2 is 1.59 bits per heavy atom. The molecule has 0 atom stereocenters. The molecule has 1 N–H and O–H groups in total. The molecule has 0 bridgehead atoms. The van der Waals surface area contributed by atoms with Crippen LogP contribution in [0.15, 0.2) is 0 Å². The summed E-state index contributed by atoms with van der Waals surface area (Å²) in [4.78, 5) is 0. The van der Waals surface area contributed by atoms with Crippen LogP contribution in [-0.4, -0.2) is 35.6 Å². The van der Waals surface area contributed by atoms with Gasteiger partial charge in [0.2, 0.25) is 10.0 Å². The lowest BCUT2D eigenvalue weighted by Gasteiger charge is -2.38. The summed E-state index contributed by atoms with van der Waals surface area (Å²) in [5, 5.41) is 0.267. The molecule has 6 heteroatoms. The monoisotopic (exact) mass is 349 g/mol. The van der Waals surface area contributed by atoms with Crippen LogP contribution in [0.3, 0.4) is 0 Å². The third-order valence-corrected chi connectivity index (χ3v) is 11.3. The molecular weight excluding hydrogens is 314 g/mol. The second kappa shape index (κ2) is 7.77. The fourth-order valence-corrected chi connectivity index (χ4v) is 4.27. The Labute approximate surface area is 138 Å². The second-order valence-electron chi connectivity index (χ2n) is 8.21. The smallest absolute Gasteiger partial charge is 0.211 e. The molecular formula is C16H35NO3SSi. The second-order valence-corrected chi connectivity index (χ2v) is 15.1. The molecule has 0 saturated heterocycles. The maximum absolute atomic E-state index is 11.5. The van der Waals surface area contributed by atoms with Gasteiger partial charge in [0, 0.05) is 13.2 Å². The lowest BCUT2D eigenvalue weighted by atomic mass is 9.82. The van der Waals surface area contributed by atoms with Crippen LogP contribution in [0.2, 0.25) is 18.1 Å². The van der Waals surface area contributed by atoms with Crippen molar-refractivity contribution in [3.8, 4) is 0 Å². The minimum absolute atomic E-state index is 0.169. The highest BCUT2D eigenvalue weighted by Gasteiger charge is 2.37. The van der Waals surface area contributed by atoms with E-state index in [1.165, 1.54) is 0 Å². The summed E-state index contributed by atoms with van der Waals surface area (Å²) in [6.45, 7) is 14.6. The summed E-state index contributed by atoms with van der Waals surface area (Å²) in [6.07, 6.45) is 4.54. The van der Waals surface area contributed by atoms with Gasteiger partial charge in [-0.25, -0.2) is 13.1 Å². The van der Waals surface area contributed by atoms with E-state index in [0.29, 0.717) is 18.4 Å². The predicted octanol–water partition coefficient (Wildman–Crippen LogP) is 3.75. The van der Waals surface area contributed by atoms with Gasteiger partial charge in [-0.1, -0.05) is 20.8 Å². The lowest BCUT2D eigenvalue weighted by molar-refractivity contribution is 0.171. The zero-order valence-corrected chi connectivity index (χ0v) is 17.1. The van der Waals surface area contributed by atoms with Crippen LogP contribution in [0.4, 0.5) is 0 Å². The predicted molar refractivity (Wildman–Crippen MR) is 96.1 cm³/mol. The molecule has 0 unspecified atom stereocenters. The minimum Gasteiger partial charge on any atom is -0.417 e. The summed E-state index contributed by atoms with van der Waals surface area (Å²) in [6, 6.07) is 0. The van der Waals surface area contributed by atoms with Crippen molar-refractivity contribution in [2.45, 2.75) is 71.5 Å². The molecule has 0 radical (unpaired) electrons. The van der Waals surface area contributed by atoms with Gasteiger partial charge in [0.25, 0.3) is 0 Å². The summed E-state index contributed by atoms with van der Waals surface area (Å²) in [5.41, 5.74) is 0. The third-order valence-electron chi connectivity index (χ3n) is 5.42. The van der Waals surface area contributed by atoms with E-state index in [2.05, 4.69) is 38.6 Å². The van der Waals surface area contributed by atoms with Gasteiger partial charge in [0.15, 0.2) is 8.32 Å². The van der Waals surface area contributed by atoms with Crippen molar-refractivity contribution in [1.82, 2.24) is 4.72 Å². The molecule has 0 aromatic rings. The number of nitrogens with one attached hydrogen (secondary N) is 1. The first-order valence-corrected chi connectivity index (χ1v) is 13.1. The molecule has 0 aromatic heterocycles. The first kappa shape index (κ1) is 20.1. The molecule has 132 valence electrons. The first-order chi connectivity index (χ1) is 9.97. The summed E-state index contributed by atoms with van der Waals surface area (Å²) in [5.74, 6) is 1.31. The molecule has 1 aliphatic carbocycles. The Morgan fingerprint density at radius 1 is 1.09 bits per heavy atom. The van der Waals surface area contributed by atoms with Crippen LogP contribution < -0.4 is 4.72 Å². The van der Waals surface area contributed by atoms with Crippen molar-refractivity contribution in [2.24, 2.45) is 11.8 Å². The standard InChI is InChI=1S/C16H35NO3SSi/c1-7-21(18,19)17-12-14-8-10-15(11-9-14)13-20-22(5,6)16(2,3)4/h14-15,17H,7-13H2,1-6H3. The van der Waals surface area contributed by atoms with Crippen LogP contribution in [0.25, 0.3) is 0 Å². The first-order valence-electron chi connectivity index (χ1n) is 8.58. The Balaban J connectivity index is 2.32. The van der Waals surface area contributed by atoms with Crippen molar-refractivity contribution >= 4 is 18.3 Å². The summed E-state index contributed by atoms with van der Waals surface area (Å²) < 4.78 is 32.0. The van der Waals surface area contributed by atoms with Crippen molar-refractivity contribution < 1.29 is 12.8 Å². The zero-order chi connectivity index (χ0) is 17.0. The molecule has 1 aliphatic rings. The molecule has 0 amide bonds. The van der Waals surface area contributed by atoms with Gasteiger partial charge in [-0.2, -0.15) is 0 Å². The van der Waals surface area contributed by atoms with E-state index in [1.54, 1.807) is 6.92 Å². The molecule has 4 nitrogen and oxygen atoms in total. The van der Waals surface area contributed by atoms with Gasteiger partial charge >= 0.3 is 0 Å². The van der Waals surface area contributed by atoms with E-state index < -0.39 is 18.3 Å². The highest BCUT2D eigenvalue weighted by atomic mass is 32.2. The van der Waals surface area contributed by atoms with Crippen LogP contribution >= 0.6 is 0 Å². The molecule has 1 saturated carbocycles. The average molecular weight is 350 g/mol. The normalized spacial score (nSPS) is 24.5. The largest absolute Gasteiger partial charge is 0.417 e. The summed E-state index contributed by atoms with van der Waals surface area (Å²) >= 11 is 0. The Hall–Kier alpha value is 0.0869. The van der Waals surface area contributed by atoms with Crippen LogP contribution in [0, 0.1) is 11.8 Å². The van der Waals surface area contributed by atoms with Crippen molar-refractivity contribution in [2.75, 3.05) is 18.9 Å². The average Bonchev–Trinajstić information content (AvgIpc) is 2.43. The minimum atomic E-state index is -3.05. The Kier molecular flexibility index (Phi) is 7.11. The molecule has 1 fully saturated rings. The van der Waals surface area contributed by atoms with Gasteiger partial charge in [0.1, 0.15) is 0 Å². The topological polar surface area (TPSA) is 55.4 Å². The lowest BCUT2D eigenvalue weighted by Crippen LogP contribution is -2.42. The number of hydrogen-bond acceptors (Lipinski definition) is 3. The molecule has 22 heavy (non-hydrogen) atoms. The van der Waals surface area contributed by atoms with Gasteiger partial charge in [0.05, 0.1) is 5.75 Å². The van der Waals surface area contributed by atoms with E-state index in [0.717, 1.165) is 32.3 Å². The fourth-order valence-electron chi connectivity index (χ4n) is 2.49. The van der Waals surface area contributed by atoms with Gasteiger partial charge < -0.3 is 4.43 Å². The third kappa shape index (κ3) is 6.30. The van der Waals surface area contributed by atoms with E-state index in [1.807, 2.05) is 0 Å². The summed E-state index contributed by atoms with van der Waals surface area (Å²) in [7, 11) is -4.69. The quantitative estimate of drug-likeness (QED) is 0.712. The van der Waals surface area contributed by atoms with E-state index in [9.17, 15) is 8.42 Å². The SMILES string of the molecule is CCS(=O)(=O)NCC1CCC(CO[Si](C)(C)C(C)(C)C)CC1. The molecule has 0 aromatic carbocycles. The van der Waals surface area contributed by atoms with Gasteiger partial charge in [-0.15, -0.1) is 0 Å². The number of sulfonamides is 1. The van der Waals surface area contributed by atoms with Gasteiger partial charge in [-0.05, 0) is 62.6 Å². The van der Waals surface area contributed by atoms with E-state index in [4.69, 9.17) is 4.43 Å². The maximum atomic E-state index is 11.5. The fraction of sp³-hybridized carbons (Fsp3) is 1.00. The van der Waals surface area contributed by atoms with Crippen LogP contribution in [0.5, 0.6) is 0 Å². The molecule has 0 heterocycles. The van der Waals surface area contributed by atoms with Crippen molar-refractivity contribution in [3.05, 3.63) is 0 Å². The van der Waals surface area contributed by atoms with Gasteiger partial charge in [-0.3, -0.25) is 0 Å².